The predicted octanol–water partition coefficient (Wildman–Crippen LogP) is 3.42. The predicted molar refractivity (Wildman–Crippen MR) is 86.9 cm³/mol. The van der Waals surface area contributed by atoms with Crippen LogP contribution in [0.3, 0.4) is 0 Å². The molecule has 3 unspecified atom stereocenters. The molecule has 1 aromatic carbocycles. The number of hydrogen-bond donors (Lipinski definition) is 1. The van der Waals surface area contributed by atoms with E-state index in [2.05, 4.69) is 45.1 Å². The van der Waals surface area contributed by atoms with Crippen LogP contribution in [0.4, 0.5) is 0 Å². The van der Waals surface area contributed by atoms with Crippen LogP contribution in [-0.4, -0.2) is 31.9 Å². The quantitative estimate of drug-likeness (QED) is 0.835. The van der Waals surface area contributed by atoms with Crippen molar-refractivity contribution in [2.45, 2.75) is 58.7 Å². The van der Waals surface area contributed by atoms with Gasteiger partial charge < -0.3 is 14.8 Å². The molecule has 1 aliphatic carbocycles. The zero-order valence-corrected chi connectivity index (χ0v) is 14.0. The molecule has 0 aromatic heterocycles. The summed E-state index contributed by atoms with van der Waals surface area (Å²) in [6.07, 6.45) is 2.48. The summed E-state index contributed by atoms with van der Waals surface area (Å²) in [7, 11) is 1.73. The van der Waals surface area contributed by atoms with E-state index in [9.17, 15) is 0 Å². The molecule has 0 aliphatic heterocycles. The van der Waals surface area contributed by atoms with E-state index in [0.717, 1.165) is 25.2 Å². The second-order valence-electron chi connectivity index (χ2n) is 6.64. The number of ether oxygens (including phenoxy) is 2. The number of benzene rings is 1. The molecule has 1 aliphatic rings. The van der Waals surface area contributed by atoms with Gasteiger partial charge in [-0.2, -0.15) is 0 Å². The molecule has 3 nitrogen and oxygen atoms in total. The fourth-order valence-corrected chi connectivity index (χ4v) is 3.26. The van der Waals surface area contributed by atoms with Crippen LogP contribution in [0.25, 0.3) is 0 Å². The summed E-state index contributed by atoms with van der Waals surface area (Å²) in [5.74, 6) is 0.978. The number of nitrogens with one attached hydrogen (secondary N) is 1. The summed E-state index contributed by atoms with van der Waals surface area (Å²) in [5.41, 5.74) is 1.48. The van der Waals surface area contributed by atoms with Gasteiger partial charge in [0.15, 0.2) is 0 Å². The minimum Gasteiger partial charge on any atom is -0.496 e. The van der Waals surface area contributed by atoms with Crippen molar-refractivity contribution in [3.05, 3.63) is 29.8 Å². The Hall–Kier alpha value is -1.06. The summed E-state index contributed by atoms with van der Waals surface area (Å²) < 4.78 is 11.2. The van der Waals surface area contributed by atoms with Gasteiger partial charge in [0, 0.05) is 24.1 Å². The van der Waals surface area contributed by atoms with Gasteiger partial charge in [0.05, 0.1) is 13.2 Å². The van der Waals surface area contributed by atoms with Gasteiger partial charge in [0.2, 0.25) is 0 Å². The number of para-hydroxylation sites is 1. The molecule has 2 rings (SSSR count). The zero-order chi connectivity index (χ0) is 15.5. The maximum atomic E-state index is 5.80. The van der Waals surface area contributed by atoms with Gasteiger partial charge in [-0.05, 0) is 38.3 Å². The van der Waals surface area contributed by atoms with Crippen molar-refractivity contribution < 1.29 is 9.47 Å². The Labute approximate surface area is 129 Å². The molecule has 1 saturated carbocycles. The third kappa shape index (κ3) is 3.58. The fraction of sp³-hybridized carbons (Fsp3) is 0.667. The molecule has 21 heavy (non-hydrogen) atoms. The SMILES string of the molecule is CCOC1CC(NC(C)Cc2ccccc2OC)C1(C)C. The molecular weight excluding hydrogens is 262 g/mol. The molecule has 3 atom stereocenters. The second-order valence-corrected chi connectivity index (χ2v) is 6.64. The van der Waals surface area contributed by atoms with Crippen molar-refractivity contribution in [3.63, 3.8) is 0 Å². The van der Waals surface area contributed by atoms with E-state index in [1.54, 1.807) is 7.11 Å². The fourth-order valence-electron chi connectivity index (χ4n) is 3.26. The highest BCUT2D eigenvalue weighted by Gasteiger charge is 2.48. The Morgan fingerprint density at radius 3 is 2.67 bits per heavy atom. The summed E-state index contributed by atoms with van der Waals surface area (Å²) >= 11 is 0. The molecular formula is C18H29NO2. The van der Waals surface area contributed by atoms with Crippen LogP contribution in [0.15, 0.2) is 24.3 Å². The van der Waals surface area contributed by atoms with E-state index in [0.29, 0.717) is 18.2 Å². The van der Waals surface area contributed by atoms with Crippen LogP contribution in [0.1, 0.15) is 39.7 Å². The first-order chi connectivity index (χ1) is 9.98. The first-order valence-electron chi connectivity index (χ1n) is 7.98. The van der Waals surface area contributed by atoms with Crippen molar-refractivity contribution in [2.75, 3.05) is 13.7 Å². The molecule has 0 heterocycles. The molecule has 1 aromatic rings. The molecule has 0 saturated heterocycles. The number of hydrogen-bond acceptors (Lipinski definition) is 3. The summed E-state index contributed by atoms with van der Waals surface area (Å²) in [6.45, 7) is 9.71. The molecule has 0 radical (unpaired) electrons. The van der Waals surface area contributed by atoms with Gasteiger partial charge >= 0.3 is 0 Å². The lowest BCUT2D eigenvalue weighted by Crippen LogP contribution is -2.62. The normalized spacial score (nSPS) is 25.2. The Kier molecular flexibility index (Phi) is 5.28. The molecule has 1 fully saturated rings. The van der Waals surface area contributed by atoms with Gasteiger partial charge in [-0.15, -0.1) is 0 Å². The average molecular weight is 291 g/mol. The highest BCUT2D eigenvalue weighted by atomic mass is 16.5. The Morgan fingerprint density at radius 2 is 2.05 bits per heavy atom. The molecule has 0 amide bonds. The lowest BCUT2D eigenvalue weighted by atomic mass is 9.64. The third-order valence-corrected chi connectivity index (χ3v) is 4.75. The van der Waals surface area contributed by atoms with Crippen molar-refractivity contribution in [1.82, 2.24) is 5.32 Å². The third-order valence-electron chi connectivity index (χ3n) is 4.75. The lowest BCUT2D eigenvalue weighted by Gasteiger charge is -2.52. The minimum absolute atomic E-state index is 0.213. The van der Waals surface area contributed by atoms with Crippen LogP contribution in [-0.2, 0) is 11.2 Å². The topological polar surface area (TPSA) is 30.5 Å². The first-order valence-corrected chi connectivity index (χ1v) is 7.98. The van der Waals surface area contributed by atoms with Crippen molar-refractivity contribution in [2.24, 2.45) is 5.41 Å². The van der Waals surface area contributed by atoms with Crippen molar-refractivity contribution in [3.8, 4) is 5.75 Å². The summed E-state index contributed by atoms with van der Waals surface area (Å²) in [5, 5.41) is 3.76. The maximum Gasteiger partial charge on any atom is 0.122 e. The van der Waals surface area contributed by atoms with Gasteiger partial charge in [0.1, 0.15) is 5.75 Å². The van der Waals surface area contributed by atoms with E-state index in [4.69, 9.17) is 9.47 Å². The zero-order valence-electron chi connectivity index (χ0n) is 14.0. The van der Waals surface area contributed by atoms with Crippen molar-refractivity contribution >= 4 is 0 Å². The van der Waals surface area contributed by atoms with E-state index in [-0.39, 0.29) is 5.41 Å². The largest absolute Gasteiger partial charge is 0.496 e. The van der Waals surface area contributed by atoms with Crippen LogP contribution in [0.5, 0.6) is 5.75 Å². The van der Waals surface area contributed by atoms with E-state index >= 15 is 0 Å². The lowest BCUT2D eigenvalue weighted by molar-refractivity contribution is -0.116. The Morgan fingerprint density at radius 1 is 1.33 bits per heavy atom. The molecule has 3 heteroatoms. The first kappa shape index (κ1) is 16.3. The van der Waals surface area contributed by atoms with Crippen LogP contribution in [0.2, 0.25) is 0 Å². The minimum atomic E-state index is 0.213. The number of rotatable bonds is 7. The smallest absolute Gasteiger partial charge is 0.122 e. The second kappa shape index (κ2) is 6.80. The number of methoxy groups -OCH3 is 1. The van der Waals surface area contributed by atoms with Crippen LogP contribution in [0, 0.1) is 5.41 Å². The van der Waals surface area contributed by atoms with Crippen LogP contribution >= 0.6 is 0 Å². The summed E-state index contributed by atoms with van der Waals surface area (Å²) in [4.78, 5) is 0. The summed E-state index contributed by atoms with van der Waals surface area (Å²) in [6, 6.07) is 9.21. The molecule has 0 bridgehead atoms. The van der Waals surface area contributed by atoms with E-state index < -0.39 is 0 Å². The highest BCUT2D eigenvalue weighted by molar-refractivity contribution is 5.33. The van der Waals surface area contributed by atoms with Crippen LogP contribution < -0.4 is 10.1 Å². The Balaban J connectivity index is 1.90. The van der Waals surface area contributed by atoms with Crippen molar-refractivity contribution in [1.29, 1.82) is 0 Å². The van der Waals surface area contributed by atoms with Gasteiger partial charge in [0.25, 0.3) is 0 Å². The highest BCUT2D eigenvalue weighted by Crippen LogP contribution is 2.43. The Bertz CT molecular complexity index is 458. The molecule has 0 spiro atoms. The van der Waals surface area contributed by atoms with E-state index in [1.165, 1.54) is 5.56 Å². The van der Waals surface area contributed by atoms with Gasteiger partial charge in [-0.3, -0.25) is 0 Å². The van der Waals surface area contributed by atoms with E-state index in [1.807, 2.05) is 12.1 Å². The molecule has 118 valence electrons. The van der Waals surface area contributed by atoms with Gasteiger partial charge in [-0.25, -0.2) is 0 Å². The van der Waals surface area contributed by atoms with Gasteiger partial charge in [-0.1, -0.05) is 32.0 Å². The maximum absolute atomic E-state index is 5.80. The monoisotopic (exact) mass is 291 g/mol. The molecule has 1 N–H and O–H groups in total. The standard InChI is InChI=1S/C18H29NO2/c1-6-21-17-12-16(18(17,3)4)19-13(2)11-14-9-7-8-10-15(14)20-5/h7-10,13,16-17,19H,6,11-12H2,1-5H3. The average Bonchev–Trinajstić information content (AvgIpc) is 2.47.